The van der Waals surface area contributed by atoms with Crippen molar-refractivity contribution in [2.24, 2.45) is 4.99 Å². The van der Waals surface area contributed by atoms with Crippen molar-refractivity contribution >= 4 is 40.6 Å². The van der Waals surface area contributed by atoms with Gasteiger partial charge in [-0.15, -0.1) is 0 Å². The number of benzene rings is 2. The molecular formula is C23H24N2O4S. The molecule has 7 heteroatoms. The van der Waals surface area contributed by atoms with E-state index in [0.717, 1.165) is 11.3 Å². The summed E-state index contributed by atoms with van der Waals surface area (Å²) in [4.78, 5) is 31.2. The second-order valence-electron chi connectivity index (χ2n) is 6.83. The molecule has 1 saturated heterocycles. The lowest BCUT2D eigenvalue weighted by Gasteiger charge is -2.12. The summed E-state index contributed by atoms with van der Waals surface area (Å²) in [6.07, 6.45) is 1.97. The Bertz CT molecular complexity index is 979. The Hall–Kier alpha value is -3.06. The minimum atomic E-state index is -0.398. The summed E-state index contributed by atoms with van der Waals surface area (Å²) >= 11 is 1.34. The number of amides is 1. The largest absolute Gasteiger partial charge is 0.491 e. The number of carbonyl (C=O) groups excluding carboxylic acids is 2. The van der Waals surface area contributed by atoms with Crippen molar-refractivity contribution in [3.63, 3.8) is 0 Å². The number of hydrogen-bond donors (Lipinski definition) is 0. The highest BCUT2D eigenvalue weighted by Crippen LogP contribution is 2.34. The number of rotatable bonds is 6. The summed E-state index contributed by atoms with van der Waals surface area (Å²) in [5, 5.41) is 0.610. The van der Waals surface area contributed by atoms with Gasteiger partial charge in [-0.3, -0.25) is 9.69 Å². The Morgan fingerprint density at radius 3 is 2.37 bits per heavy atom. The van der Waals surface area contributed by atoms with Crippen molar-refractivity contribution in [1.82, 2.24) is 4.90 Å². The van der Waals surface area contributed by atoms with Crippen LogP contribution in [-0.2, 0) is 9.53 Å². The van der Waals surface area contributed by atoms with E-state index in [1.165, 1.54) is 18.9 Å². The minimum absolute atomic E-state index is 0.0741. The van der Waals surface area contributed by atoms with Gasteiger partial charge in [0.15, 0.2) is 5.17 Å². The van der Waals surface area contributed by atoms with E-state index in [-0.39, 0.29) is 12.0 Å². The molecule has 1 fully saturated rings. The molecule has 0 aromatic heterocycles. The third-order valence-corrected chi connectivity index (χ3v) is 5.27. The quantitative estimate of drug-likeness (QED) is 0.488. The maximum Gasteiger partial charge on any atom is 0.337 e. The van der Waals surface area contributed by atoms with Crippen LogP contribution in [0.5, 0.6) is 5.75 Å². The molecule has 0 aliphatic carbocycles. The van der Waals surface area contributed by atoms with Crippen molar-refractivity contribution in [1.29, 1.82) is 0 Å². The van der Waals surface area contributed by atoms with E-state index in [1.807, 2.05) is 51.1 Å². The third kappa shape index (κ3) is 5.10. The lowest BCUT2D eigenvalue weighted by molar-refractivity contribution is -0.122. The highest BCUT2D eigenvalue weighted by molar-refractivity contribution is 8.18. The highest BCUT2D eigenvalue weighted by atomic mass is 32.2. The fourth-order valence-corrected chi connectivity index (χ4v) is 3.90. The van der Waals surface area contributed by atoms with Gasteiger partial charge in [-0.05, 0) is 80.6 Å². The number of ether oxygens (including phenoxy) is 2. The second-order valence-corrected chi connectivity index (χ2v) is 7.84. The number of carbonyl (C=O) groups is 2. The van der Waals surface area contributed by atoms with Crippen molar-refractivity contribution in [3.05, 3.63) is 64.6 Å². The zero-order valence-electron chi connectivity index (χ0n) is 17.4. The Balaban J connectivity index is 1.81. The topological polar surface area (TPSA) is 68.2 Å². The standard InChI is InChI=1S/C23H24N2O4S/c1-5-25-21(26)20(14-16-6-12-19(13-7-16)29-15(2)3)30-23(25)24-18-10-8-17(9-11-18)22(27)28-4/h6-15H,5H2,1-4H3/b20-14+,24-23?. The molecular weight excluding hydrogens is 400 g/mol. The number of thioether (sulfide) groups is 1. The molecule has 1 heterocycles. The third-order valence-electron chi connectivity index (χ3n) is 4.27. The van der Waals surface area contributed by atoms with Gasteiger partial charge in [0.25, 0.3) is 5.91 Å². The van der Waals surface area contributed by atoms with E-state index in [1.54, 1.807) is 29.2 Å². The maximum atomic E-state index is 12.8. The first-order valence-corrected chi connectivity index (χ1v) is 10.5. The molecule has 0 atom stereocenters. The van der Waals surface area contributed by atoms with Crippen LogP contribution in [0.1, 0.15) is 36.7 Å². The van der Waals surface area contributed by atoms with Crippen LogP contribution in [0.3, 0.4) is 0 Å². The fraction of sp³-hybridized carbons (Fsp3) is 0.261. The van der Waals surface area contributed by atoms with Gasteiger partial charge in [-0.25, -0.2) is 9.79 Å². The predicted octanol–water partition coefficient (Wildman–Crippen LogP) is 4.88. The zero-order chi connectivity index (χ0) is 21.7. The maximum absolute atomic E-state index is 12.8. The van der Waals surface area contributed by atoms with E-state index in [2.05, 4.69) is 4.99 Å². The van der Waals surface area contributed by atoms with Crippen LogP contribution in [0.4, 0.5) is 5.69 Å². The summed E-state index contributed by atoms with van der Waals surface area (Å²) in [7, 11) is 1.34. The van der Waals surface area contributed by atoms with Gasteiger partial charge < -0.3 is 9.47 Å². The number of methoxy groups -OCH3 is 1. The number of amidine groups is 1. The fourth-order valence-electron chi connectivity index (χ4n) is 2.84. The molecule has 1 amide bonds. The Morgan fingerprint density at radius 2 is 1.80 bits per heavy atom. The molecule has 3 rings (SSSR count). The predicted molar refractivity (Wildman–Crippen MR) is 120 cm³/mol. The van der Waals surface area contributed by atoms with E-state index in [0.29, 0.717) is 27.9 Å². The van der Waals surface area contributed by atoms with Crippen molar-refractivity contribution in [2.75, 3.05) is 13.7 Å². The first kappa shape index (κ1) is 21.6. The molecule has 0 saturated carbocycles. The average molecular weight is 425 g/mol. The average Bonchev–Trinajstić information content (AvgIpc) is 3.03. The van der Waals surface area contributed by atoms with E-state index < -0.39 is 5.97 Å². The summed E-state index contributed by atoms with van der Waals surface area (Å²) in [5.74, 6) is 0.324. The molecule has 0 unspecified atom stereocenters. The number of esters is 1. The molecule has 30 heavy (non-hydrogen) atoms. The van der Waals surface area contributed by atoms with E-state index in [9.17, 15) is 9.59 Å². The van der Waals surface area contributed by atoms with Crippen LogP contribution in [0.15, 0.2) is 58.4 Å². The normalized spacial score (nSPS) is 16.6. The van der Waals surface area contributed by atoms with Crippen LogP contribution < -0.4 is 4.74 Å². The molecule has 156 valence electrons. The molecule has 0 radical (unpaired) electrons. The first-order chi connectivity index (χ1) is 14.4. The van der Waals surface area contributed by atoms with Gasteiger partial charge in [-0.1, -0.05) is 12.1 Å². The zero-order valence-corrected chi connectivity index (χ0v) is 18.2. The van der Waals surface area contributed by atoms with E-state index >= 15 is 0 Å². The van der Waals surface area contributed by atoms with Gasteiger partial charge in [-0.2, -0.15) is 0 Å². The van der Waals surface area contributed by atoms with Gasteiger partial charge in [0, 0.05) is 6.54 Å². The van der Waals surface area contributed by atoms with Gasteiger partial charge in [0.1, 0.15) is 5.75 Å². The molecule has 2 aromatic carbocycles. The smallest absolute Gasteiger partial charge is 0.337 e. The second kappa shape index (κ2) is 9.63. The molecule has 6 nitrogen and oxygen atoms in total. The molecule has 0 spiro atoms. The number of hydrogen-bond acceptors (Lipinski definition) is 6. The van der Waals surface area contributed by atoms with Gasteiger partial charge in [0.05, 0.1) is 29.4 Å². The van der Waals surface area contributed by atoms with Crippen LogP contribution in [0.25, 0.3) is 6.08 Å². The minimum Gasteiger partial charge on any atom is -0.491 e. The Kier molecular flexibility index (Phi) is 6.95. The van der Waals surface area contributed by atoms with E-state index in [4.69, 9.17) is 9.47 Å². The van der Waals surface area contributed by atoms with Crippen molar-refractivity contribution in [2.45, 2.75) is 26.9 Å². The SMILES string of the molecule is CCN1C(=O)/C(=C\c2ccc(OC(C)C)cc2)SC1=Nc1ccc(C(=O)OC)cc1. The van der Waals surface area contributed by atoms with Crippen LogP contribution in [0, 0.1) is 0 Å². The monoisotopic (exact) mass is 424 g/mol. The van der Waals surface area contributed by atoms with Crippen LogP contribution in [-0.4, -0.2) is 41.7 Å². The number of aliphatic imine (C=N–C) groups is 1. The van der Waals surface area contributed by atoms with Gasteiger partial charge in [0.2, 0.25) is 0 Å². The van der Waals surface area contributed by atoms with Crippen molar-refractivity contribution < 1.29 is 19.1 Å². The van der Waals surface area contributed by atoms with Crippen molar-refractivity contribution in [3.8, 4) is 5.75 Å². The summed E-state index contributed by atoms with van der Waals surface area (Å²) in [6, 6.07) is 14.4. The summed E-state index contributed by atoms with van der Waals surface area (Å²) in [5.41, 5.74) is 2.03. The van der Waals surface area contributed by atoms with Gasteiger partial charge >= 0.3 is 5.97 Å². The summed E-state index contributed by atoms with van der Waals surface area (Å²) in [6.45, 7) is 6.39. The lowest BCUT2D eigenvalue weighted by Crippen LogP contribution is -2.28. The molecule has 0 N–H and O–H groups in total. The molecule has 1 aliphatic rings. The Morgan fingerprint density at radius 1 is 1.13 bits per heavy atom. The van der Waals surface area contributed by atoms with Crippen LogP contribution >= 0.6 is 11.8 Å². The Labute approximate surface area is 180 Å². The number of nitrogens with zero attached hydrogens (tertiary/aromatic N) is 2. The lowest BCUT2D eigenvalue weighted by atomic mass is 10.2. The summed E-state index contributed by atoms with van der Waals surface area (Å²) < 4.78 is 10.4. The molecule has 1 aliphatic heterocycles. The molecule has 2 aromatic rings. The first-order valence-electron chi connectivity index (χ1n) is 9.66. The molecule has 0 bridgehead atoms. The van der Waals surface area contributed by atoms with Crippen LogP contribution in [0.2, 0.25) is 0 Å². The number of likely N-dealkylation sites (N-methyl/N-ethyl adjacent to an activating group) is 1. The highest BCUT2D eigenvalue weighted by Gasteiger charge is 2.32.